The molecule has 3 rings (SSSR count). The first kappa shape index (κ1) is 25.2. The third-order valence-electron chi connectivity index (χ3n) is 4.83. The van der Waals surface area contributed by atoms with Gasteiger partial charge in [-0.25, -0.2) is 0 Å². The highest BCUT2D eigenvalue weighted by Gasteiger charge is 2.29. The van der Waals surface area contributed by atoms with Gasteiger partial charge in [0.25, 0.3) is 0 Å². The number of amides is 1. The number of furan rings is 1. The molecule has 182 valence electrons. The highest BCUT2D eigenvalue weighted by molar-refractivity contribution is 5.76. The van der Waals surface area contributed by atoms with Gasteiger partial charge in [-0.3, -0.25) is 4.79 Å². The molecule has 0 saturated carbocycles. The monoisotopic (exact) mass is 477 g/mol. The van der Waals surface area contributed by atoms with Crippen molar-refractivity contribution in [3.05, 3.63) is 83.3 Å². The van der Waals surface area contributed by atoms with Crippen LogP contribution in [0.1, 0.15) is 28.9 Å². The Labute approximate surface area is 195 Å². The Morgan fingerprint density at radius 3 is 2.53 bits per heavy atom. The summed E-state index contributed by atoms with van der Waals surface area (Å²) in [5.74, 6) is 0.801. The topological polar surface area (TPSA) is 69.9 Å². The van der Waals surface area contributed by atoms with Gasteiger partial charge in [-0.1, -0.05) is 30.3 Å². The van der Waals surface area contributed by atoms with E-state index in [1.807, 2.05) is 30.3 Å². The van der Waals surface area contributed by atoms with Crippen LogP contribution in [0.15, 0.2) is 65.3 Å². The Morgan fingerprint density at radius 1 is 0.971 bits per heavy atom. The van der Waals surface area contributed by atoms with Gasteiger partial charge in [0.15, 0.2) is 18.1 Å². The number of carbonyl (C=O) groups excluding carboxylic acids is 1. The lowest BCUT2D eigenvalue weighted by molar-refractivity contribution is -0.153. The van der Waals surface area contributed by atoms with Gasteiger partial charge < -0.3 is 23.9 Å². The van der Waals surface area contributed by atoms with E-state index in [-0.39, 0.29) is 23.8 Å². The molecule has 0 aliphatic carbocycles. The van der Waals surface area contributed by atoms with E-state index in [1.54, 1.807) is 24.5 Å². The second kappa shape index (κ2) is 12.1. The van der Waals surface area contributed by atoms with Crippen LogP contribution in [0.3, 0.4) is 0 Å². The summed E-state index contributed by atoms with van der Waals surface area (Å²) in [5, 5.41) is 2.88. The summed E-state index contributed by atoms with van der Waals surface area (Å²) in [4.78, 5) is 12.3. The highest BCUT2D eigenvalue weighted by Crippen LogP contribution is 2.30. The van der Waals surface area contributed by atoms with Crippen LogP contribution in [0.25, 0.3) is 0 Å². The summed E-state index contributed by atoms with van der Waals surface area (Å²) in [6, 6.07) is 16.0. The number of alkyl halides is 3. The normalized spacial score (nSPS) is 11.3. The lowest BCUT2D eigenvalue weighted by atomic mass is 10.1. The van der Waals surface area contributed by atoms with E-state index in [4.69, 9.17) is 18.6 Å². The molecule has 0 radical (unpaired) electrons. The maximum absolute atomic E-state index is 12.4. The third kappa shape index (κ3) is 8.47. The number of carbonyl (C=O) groups is 1. The zero-order valence-electron chi connectivity index (χ0n) is 18.7. The minimum atomic E-state index is -4.44. The molecule has 9 heteroatoms. The zero-order chi connectivity index (χ0) is 24.4. The minimum absolute atomic E-state index is 0.000970. The fourth-order valence-electron chi connectivity index (χ4n) is 3.19. The Hall–Kier alpha value is -3.46. The van der Waals surface area contributed by atoms with Crippen molar-refractivity contribution in [3.63, 3.8) is 0 Å². The molecule has 0 spiro atoms. The molecule has 2 aromatic carbocycles. The van der Waals surface area contributed by atoms with Crippen LogP contribution >= 0.6 is 0 Å². The standard InChI is InChI=1S/C25H26F3NO5/c1-31-23-13-18(7-9-22(23)34-17-25(26,27)28)8-10-24(30)29-14-19-4-2-5-20(12-19)15-32-16-21-6-3-11-33-21/h2-7,9,11-13H,8,10,14-17H2,1H3,(H,29,30). The quantitative estimate of drug-likeness (QED) is 0.389. The molecule has 0 unspecified atom stereocenters. The largest absolute Gasteiger partial charge is 0.493 e. The van der Waals surface area contributed by atoms with Crippen molar-refractivity contribution in [3.8, 4) is 11.5 Å². The predicted molar refractivity (Wildman–Crippen MR) is 118 cm³/mol. The number of hydrogen-bond donors (Lipinski definition) is 1. The Bertz CT molecular complexity index is 1050. The van der Waals surface area contributed by atoms with Gasteiger partial charge in [0, 0.05) is 13.0 Å². The molecule has 1 aromatic heterocycles. The van der Waals surface area contributed by atoms with Gasteiger partial charge in [-0.2, -0.15) is 13.2 Å². The minimum Gasteiger partial charge on any atom is -0.493 e. The smallest absolute Gasteiger partial charge is 0.422 e. The first-order chi connectivity index (χ1) is 16.3. The first-order valence-electron chi connectivity index (χ1n) is 10.6. The van der Waals surface area contributed by atoms with E-state index in [0.717, 1.165) is 22.5 Å². The molecule has 1 amide bonds. The number of hydrogen-bond acceptors (Lipinski definition) is 5. The molecule has 3 aromatic rings. The van der Waals surface area contributed by atoms with Crippen LogP contribution in [0.2, 0.25) is 0 Å². The van der Waals surface area contributed by atoms with Crippen molar-refractivity contribution >= 4 is 5.91 Å². The molecule has 0 atom stereocenters. The molecule has 0 aliphatic heterocycles. The maximum Gasteiger partial charge on any atom is 0.422 e. The van der Waals surface area contributed by atoms with E-state index in [2.05, 4.69) is 5.32 Å². The first-order valence-corrected chi connectivity index (χ1v) is 10.6. The number of ether oxygens (including phenoxy) is 3. The molecule has 34 heavy (non-hydrogen) atoms. The molecular weight excluding hydrogens is 451 g/mol. The molecule has 1 heterocycles. The van der Waals surface area contributed by atoms with Gasteiger partial charge in [0.05, 0.1) is 20.0 Å². The van der Waals surface area contributed by atoms with E-state index in [0.29, 0.717) is 26.2 Å². The summed E-state index contributed by atoms with van der Waals surface area (Å²) >= 11 is 0. The summed E-state index contributed by atoms with van der Waals surface area (Å²) in [6.45, 7) is -0.220. The second-order valence-electron chi connectivity index (χ2n) is 7.56. The average molecular weight is 477 g/mol. The van der Waals surface area contributed by atoms with Crippen LogP contribution in [0, 0.1) is 0 Å². The number of aryl methyl sites for hydroxylation is 1. The van der Waals surface area contributed by atoms with Crippen LogP contribution in [0.4, 0.5) is 13.2 Å². The fourth-order valence-corrected chi connectivity index (χ4v) is 3.19. The van der Waals surface area contributed by atoms with Crippen molar-refractivity contribution in [2.24, 2.45) is 0 Å². The Balaban J connectivity index is 1.43. The SMILES string of the molecule is COc1cc(CCC(=O)NCc2cccc(COCc3ccco3)c2)ccc1OCC(F)(F)F. The van der Waals surface area contributed by atoms with Gasteiger partial charge in [0.2, 0.25) is 5.91 Å². The molecular formula is C25H26F3NO5. The van der Waals surface area contributed by atoms with E-state index < -0.39 is 12.8 Å². The van der Waals surface area contributed by atoms with E-state index in [9.17, 15) is 18.0 Å². The molecule has 0 aliphatic rings. The molecule has 0 fully saturated rings. The van der Waals surface area contributed by atoms with Crippen molar-refractivity contribution in [2.75, 3.05) is 13.7 Å². The predicted octanol–water partition coefficient (Wildman–Crippen LogP) is 5.20. The van der Waals surface area contributed by atoms with Gasteiger partial charge in [0.1, 0.15) is 12.4 Å². The summed E-state index contributed by atoms with van der Waals surface area (Å²) in [7, 11) is 1.35. The maximum atomic E-state index is 12.4. The number of rotatable bonds is 12. The zero-order valence-corrected chi connectivity index (χ0v) is 18.7. The summed E-state index contributed by atoms with van der Waals surface area (Å²) in [6.07, 6.45) is -2.21. The van der Waals surface area contributed by atoms with Crippen LogP contribution in [-0.2, 0) is 35.7 Å². The van der Waals surface area contributed by atoms with Crippen molar-refractivity contribution in [1.82, 2.24) is 5.32 Å². The van der Waals surface area contributed by atoms with Crippen LogP contribution in [-0.4, -0.2) is 25.8 Å². The Morgan fingerprint density at radius 2 is 1.79 bits per heavy atom. The third-order valence-corrected chi connectivity index (χ3v) is 4.83. The summed E-state index contributed by atoms with van der Waals surface area (Å²) in [5.41, 5.74) is 2.68. The lowest BCUT2D eigenvalue weighted by Crippen LogP contribution is -2.23. The van der Waals surface area contributed by atoms with E-state index >= 15 is 0 Å². The lowest BCUT2D eigenvalue weighted by Gasteiger charge is -2.13. The molecule has 0 bridgehead atoms. The average Bonchev–Trinajstić information content (AvgIpc) is 3.33. The Kier molecular flexibility index (Phi) is 8.98. The fraction of sp³-hybridized carbons (Fsp3) is 0.320. The summed E-state index contributed by atoms with van der Waals surface area (Å²) < 4.78 is 57.9. The molecule has 1 N–H and O–H groups in total. The number of benzene rings is 2. The van der Waals surface area contributed by atoms with Gasteiger partial charge in [-0.05, 0) is 47.4 Å². The van der Waals surface area contributed by atoms with Crippen LogP contribution in [0.5, 0.6) is 11.5 Å². The molecule has 0 saturated heterocycles. The number of halogens is 3. The molecule has 6 nitrogen and oxygen atoms in total. The van der Waals surface area contributed by atoms with Gasteiger partial charge in [-0.15, -0.1) is 0 Å². The number of nitrogens with one attached hydrogen (secondary N) is 1. The van der Waals surface area contributed by atoms with Crippen molar-refractivity contribution in [1.29, 1.82) is 0 Å². The second-order valence-corrected chi connectivity index (χ2v) is 7.56. The van der Waals surface area contributed by atoms with Gasteiger partial charge >= 0.3 is 6.18 Å². The number of methoxy groups -OCH3 is 1. The van der Waals surface area contributed by atoms with Crippen LogP contribution < -0.4 is 14.8 Å². The van der Waals surface area contributed by atoms with Crippen molar-refractivity contribution in [2.45, 2.75) is 38.8 Å². The van der Waals surface area contributed by atoms with Crippen molar-refractivity contribution < 1.29 is 36.6 Å². The van der Waals surface area contributed by atoms with E-state index in [1.165, 1.54) is 13.2 Å². The highest BCUT2D eigenvalue weighted by atomic mass is 19.4.